The predicted octanol–water partition coefficient (Wildman–Crippen LogP) is 3.95. The van der Waals surface area contributed by atoms with Gasteiger partial charge < -0.3 is 20.1 Å². The summed E-state index contributed by atoms with van der Waals surface area (Å²) in [6.45, 7) is 8.75. The van der Waals surface area contributed by atoms with Crippen LogP contribution in [0.4, 0.5) is 0 Å². The normalized spacial score (nSPS) is 16.6. The lowest BCUT2D eigenvalue weighted by atomic mass is 9.74. The second kappa shape index (κ2) is 10.5. The summed E-state index contributed by atoms with van der Waals surface area (Å²) in [6.07, 6.45) is 2.00. The minimum absolute atomic E-state index is 0.0438. The Hall–Kier alpha value is -2.05. The van der Waals surface area contributed by atoms with Crippen molar-refractivity contribution in [2.24, 2.45) is 4.99 Å². The van der Waals surface area contributed by atoms with Crippen molar-refractivity contribution in [1.82, 2.24) is 10.6 Å². The molecule has 6 heteroatoms. The number of thiophene rings is 1. The highest BCUT2D eigenvalue weighted by atomic mass is 32.1. The number of hydrogen-bond donors (Lipinski definition) is 2. The van der Waals surface area contributed by atoms with Crippen molar-refractivity contribution in [3.8, 4) is 5.75 Å². The van der Waals surface area contributed by atoms with Gasteiger partial charge in [-0.1, -0.05) is 18.2 Å². The Morgan fingerprint density at radius 2 is 1.93 bits per heavy atom. The van der Waals surface area contributed by atoms with Gasteiger partial charge in [-0.3, -0.25) is 0 Å². The molecule has 1 aliphatic rings. The smallest absolute Gasteiger partial charge is 0.191 e. The van der Waals surface area contributed by atoms with Crippen molar-refractivity contribution < 1.29 is 9.47 Å². The first-order valence-corrected chi connectivity index (χ1v) is 11.0. The van der Waals surface area contributed by atoms with Crippen molar-refractivity contribution in [3.05, 3.63) is 52.2 Å². The molecule has 0 unspecified atom stereocenters. The van der Waals surface area contributed by atoms with Gasteiger partial charge in [0.1, 0.15) is 5.75 Å². The minimum atomic E-state index is 0.0438. The highest BCUT2D eigenvalue weighted by molar-refractivity contribution is 7.09. The topological polar surface area (TPSA) is 54.9 Å². The number of nitrogens with zero attached hydrogens (tertiary/aromatic N) is 1. The lowest BCUT2D eigenvalue weighted by Gasteiger charge is -2.38. The molecule has 152 valence electrons. The van der Waals surface area contributed by atoms with Crippen LogP contribution in [0.25, 0.3) is 0 Å². The van der Waals surface area contributed by atoms with Crippen LogP contribution in [0.5, 0.6) is 5.75 Å². The van der Waals surface area contributed by atoms with Gasteiger partial charge in [-0.2, -0.15) is 0 Å². The first kappa shape index (κ1) is 20.7. The van der Waals surface area contributed by atoms with E-state index in [2.05, 4.69) is 59.3 Å². The van der Waals surface area contributed by atoms with Crippen LogP contribution in [0, 0.1) is 0 Å². The second-order valence-corrected chi connectivity index (χ2v) is 8.01. The molecule has 2 heterocycles. The molecule has 0 amide bonds. The zero-order valence-corrected chi connectivity index (χ0v) is 17.7. The summed E-state index contributed by atoms with van der Waals surface area (Å²) in [7, 11) is 0. The molecule has 0 atom stereocenters. The van der Waals surface area contributed by atoms with E-state index in [1.807, 2.05) is 6.92 Å². The maximum atomic E-state index is 5.66. The zero-order valence-electron chi connectivity index (χ0n) is 16.9. The van der Waals surface area contributed by atoms with Gasteiger partial charge in [0, 0.05) is 36.6 Å². The van der Waals surface area contributed by atoms with Crippen LogP contribution in [0.2, 0.25) is 0 Å². The number of guanidine groups is 1. The summed E-state index contributed by atoms with van der Waals surface area (Å²) in [4.78, 5) is 6.03. The molecule has 0 aliphatic carbocycles. The third kappa shape index (κ3) is 5.49. The first-order chi connectivity index (χ1) is 13.8. The van der Waals surface area contributed by atoms with Crippen molar-refractivity contribution in [2.75, 3.05) is 32.9 Å². The van der Waals surface area contributed by atoms with E-state index in [9.17, 15) is 0 Å². The SMILES string of the molecule is CCNC(=NCc1cccs1)NCC1(c2ccc(OCC)cc2)CCOCC1. The van der Waals surface area contributed by atoms with Gasteiger partial charge >= 0.3 is 0 Å². The molecule has 0 bridgehead atoms. The molecule has 1 aromatic heterocycles. The Morgan fingerprint density at radius 1 is 1.14 bits per heavy atom. The van der Waals surface area contributed by atoms with E-state index in [0.717, 1.165) is 50.9 Å². The third-order valence-electron chi connectivity index (χ3n) is 5.14. The van der Waals surface area contributed by atoms with Crippen molar-refractivity contribution in [3.63, 3.8) is 0 Å². The van der Waals surface area contributed by atoms with Crippen LogP contribution >= 0.6 is 11.3 Å². The van der Waals surface area contributed by atoms with Gasteiger partial charge in [0.15, 0.2) is 5.96 Å². The molecule has 3 rings (SSSR count). The molecule has 0 saturated carbocycles. The van der Waals surface area contributed by atoms with Crippen molar-refractivity contribution >= 4 is 17.3 Å². The lowest BCUT2D eigenvalue weighted by Crippen LogP contribution is -2.48. The van der Waals surface area contributed by atoms with Crippen LogP contribution in [-0.4, -0.2) is 38.9 Å². The molecule has 1 fully saturated rings. The molecule has 1 saturated heterocycles. The fourth-order valence-corrected chi connectivity index (χ4v) is 4.18. The molecule has 2 N–H and O–H groups in total. The highest BCUT2D eigenvalue weighted by Gasteiger charge is 2.34. The van der Waals surface area contributed by atoms with Crippen LogP contribution in [0.1, 0.15) is 37.1 Å². The summed E-state index contributed by atoms with van der Waals surface area (Å²) in [6, 6.07) is 12.7. The first-order valence-electron chi connectivity index (χ1n) is 10.1. The molecule has 0 spiro atoms. The molecule has 1 aromatic carbocycles. The van der Waals surface area contributed by atoms with Gasteiger partial charge in [-0.15, -0.1) is 11.3 Å². The van der Waals surface area contributed by atoms with Gasteiger partial charge in [-0.05, 0) is 55.8 Å². The number of aliphatic imine (C=N–C) groups is 1. The van der Waals surface area contributed by atoms with Crippen LogP contribution < -0.4 is 15.4 Å². The second-order valence-electron chi connectivity index (χ2n) is 6.98. The Labute approximate surface area is 172 Å². The van der Waals surface area contributed by atoms with Crippen LogP contribution in [0.15, 0.2) is 46.8 Å². The zero-order chi connectivity index (χ0) is 19.7. The van der Waals surface area contributed by atoms with Crippen molar-refractivity contribution in [2.45, 2.75) is 38.6 Å². The fourth-order valence-electron chi connectivity index (χ4n) is 3.56. The quantitative estimate of drug-likeness (QED) is 0.519. The lowest BCUT2D eigenvalue weighted by molar-refractivity contribution is 0.0513. The molecular formula is C22H31N3O2S. The van der Waals surface area contributed by atoms with E-state index in [0.29, 0.717) is 13.2 Å². The molecule has 1 aliphatic heterocycles. The minimum Gasteiger partial charge on any atom is -0.494 e. The van der Waals surface area contributed by atoms with Crippen molar-refractivity contribution in [1.29, 1.82) is 0 Å². The van der Waals surface area contributed by atoms with Crippen LogP contribution in [0.3, 0.4) is 0 Å². The monoisotopic (exact) mass is 401 g/mol. The molecule has 5 nitrogen and oxygen atoms in total. The maximum absolute atomic E-state index is 5.66. The van der Waals surface area contributed by atoms with Gasteiger partial charge in [-0.25, -0.2) is 4.99 Å². The number of hydrogen-bond acceptors (Lipinski definition) is 4. The molecule has 0 radical (unpaired) electrons. The Morgan fingerprint density at radius 3 is 2.57 bits per heavy atom. The number of nitrogens with one attached hydrogen (secondary N) is 2. The third-order valence-corrected chi connectivity index (χ3v) is 6.00. The number of ether oxygens (including phenoxy) is 2. The maximum Gasteiger partial charge on any atom is 0.191 e. The number of rotatable bonds is 8. The summed E-state index contributed by atoms with van der Waals surface area (Å²) >= 11 is 1.74. The molecule has 28 heavy (non-hydrogen) atoms. The standard InChI is InChI=1S/C22H31N3O2S/c1-3-23-21(24-16-20-6-5-15-28-20)25-17-22(11-13-26-14-12-22)18-7-9-19(10-8-18)27-4-2/h5-10,15H,3-4,11-14,16-17H2,1-2H3,(H2,23,24,25). The Balaban J connectivity index is 1.72. The van der Waals surface area contributed by atoms with E-state index in [-0.39, 0.29) is 5.41 Å². The van der Waals surface area contributed by atoms with E-state index >= 15 is 0 Å². The van der Waals surface area contributed by atoms with Crippen LogP contribution in [-0.2, 0) is 16.7 Å². The van der Waals surface area contributed by atoms with E-state index in [4.69, 9.17) is 14.5 Å². The largest absolute Gasteiger partial charge is 0.494 e. The molecule has 2 aromatic rings. The summed E-state index contributed by atoms with van der Waals surface area (Å²) in [5.41, 5.74) is 1.38. The predicted molar refractivity (Wildman–Crippen MR) is 116 cm³/mol. The summed E-state index contributed by atoms with van der Waals surface area (Å²) in [5, 5.41) is 9.05. The molecular weight excluding hydrogens is 370 g/mol. The average molecular weight is 402 g/mol. The Kier molecular flexibility index (Phi) is 7.74. The van der Waals surface area contributed by atoms with E-state index < -0.39 is 0 Å². The van der Waals surface area contributed by atoms with E-state index in [1.54, 1.807) is 11.3 Å². The van der Waals surface area contributed by atoms with Gasteiger partial charge in [0.05, 0.1) is 13.2 Å². The summed E-state index contributed by atoms with van der Waals surface area (Å²) in [5.74, 6) is 1.79. The van der Waals surface area contributed by atoms with E-state index in [1.165, 1.54) is 10.4 Å². The van der Waals surface area contributed by atoms with Gasteiger partial charge in [0.25, 0.3) is 0 Å². The fraction of sp³-hybridized carbons (Fsp3) is 0.500. The number of benzene rings is 1. The van der Waals surface area contributed by atoms with Gasteiger partial charge in [0.2, 0.25) is 0 Å². The summed E-state index contributed by atoms with van der Waals surface area (Å²) < 4.78 is 11.3. The Bertz CT molecular complexity index is 723. The average Bonchev–Trinajstić information content (AvgIpc) is 3.25. The highest BCUT2D eigenvalue weighted by Crippen LogP contribution is 2.35.